The van der Waals surface area contributed by atoms with Crippen LogP contribution in [0.5, 0.6) is 5.75 Å². The van der Waals surface area contributed by atoms with Crippen LogP contribution < -0.4 is 4.74 Å². The van der Waals surface area contributed by atoms with Crippen molar-refractivity contribution in [3.63, 3.8) is 0 Å². The molecule has 6 heteroatoms. The molecule has 2 aromatic carbocycles. The van der Waals surface area contributed by atoms with Gasteiger partial charge in [-0.15, -0.1) is 0 Å². The molecule has 1 heterocycles. The van der Waals surface area contributed by atoms with Gasteiger partial charge in [0.15, 0.2) is 6.61 Å². The molecular weight excluding hydrogens is 412 g/mol. The van der Waals surface area contributed by atoms with E-state index < -0.39 is 0 Å². The van der Waals surface area contributed by atoms with Crippen molar-refractivity contribution >= 4 is 23.4 Å². The number of aryl methyl sites for hydroxylation is 1. The Hall–Kier alpha value is -2.53. The highest BCUT2D eigenvalue weighted by Gasteiger charge is 2.25. The summed E-state index contributed by atoms with van der Waals surface area (Å²) in [6, 6.07) is 13.1. The van der Waals surface area contributed by atoms with Gasteiger partial charge in [0.25, 0.3) is 11.8 Å². The molecule has 0 radical (unpaired) electrons. The standard InChI is InChI=1S/C25H31ClN2O3/c1-18-10-11-22(20(16-18)25(2,3)4)31-17-23(29)27-12-7-13-28(15-14-27)24(30)19-8-5-6-9-21(19)26/h5-6,8-11,16H,7,12-15,17H2,1-4H3. The molecule has 0 aromatic heterocycles. The Kier molecular flexibility index (Phi) is 7.26. The fourth-order valence-electron chi connectivity index (χ4n) is 3.76. The summed E-state index contributed by atoms with van der Waals surface area (Å²) in [6.07, 6.45) is 0.722. The minimum absolute atomic E-state index is 0.00932. The van der Waals surface area contributed by atoms with Crippen LogP contribution in [0.15, 0.2) is 42.5 Å². The van der Waals surface area contributed by atoms with Crippen molar-refractivity contribution in [2.75, 3.05) is 32.8 Å². The summed E-state index contributed by atoms with van der Waals surface area (Å²) < 4.78 is 5.94. The molecule has 0 spiro atoms. The zero-order valence-electron chi connectivity index (χ0n) is 18.8. The SMILES string of the molecule is Cc1ccc(OCC(=O)N2CCCN(C(=O)c3ccccc3Cl)CC2)c(C(C)(C)C)c1. The summed E-state index contributed by atoms with van der Waals surface area (Å²) in [5, 5.41) is 0.450. The van der Waals surface area contributed by atoms with Gasteiger partial charge in [-0.25, -0.2) is 0 Å². The summed E-state index contributed by atoms with van der Waals surface area (Å²) in [4.78, 5) is 29.2. The van der Waals surface area contributed by atoms with Crippen molar-refractivity contribution in [1.82, 2.24) is 9.80 Å². The van der Waals surface area contributed by atoms with E-state index in [1.165, 1.54) is 5.56 Å². The molecule has 0 N–H and O–H groups in total. The number of halogens is 1. The van der Waals surface area contributed by atoms with Crippen molar-refractivity contribution in [1.29, 1.82) is 0 Å². The van der Waals surface area contributed by atoms with Crippen molar-refractivity contribution in [2.24, 2.45) is 0 Å². The second kappa shape index (κ2) is 9.73. The Balaban J connectivity index is 1.61. The first kappa shape index (κ1) is 23.1. The number of benzene rings is 2. The van der Waals surface area contributed by atoms with Crippen LogP contribution in [0.1, 0.15) is 48.7 Å². The number of hydrogen-bond acceptors (Lipinski definition) is 3. The van der Waals surface area contributed by atoms with Crippen LogP contribution in [-0.2, 0) is 10.2 Å². The number of hydrogen-bond donors (Lipinski definition) is 0. The highest BCUT2D eigenvalue weighted by molar-refractivity contribution is 6.33. The summed E-state index contributed by atoms with van der Waals surface area (Å²) in [6.45, 7) is 10.6. The van der Waals surface area contributed by atoms with Crippen molar-refractivity contribution < 1.29 is 14.3 Å². The molecule has 2 amide bonds. The Morgan fingerprint density at radius 2 is 1.68 bits per heavy atom. The van der Waals surface area contributed by atoms with E-state index in [1.807, 2.05) is 12.1 Å². The van der Waals surface area contributed by atoms with Gasteiger partial charge >= 0.3 is 0 Å². The zero-order valence-corrected chi connectivity index (χ0v) is 19.5. The van der Waals surface area contributed by atoms with Gasteiger partial charge in [-0.3, -0.25) is 9.59 Å². The molecule has 0 unspecified atom stereocenters. The van der Waals surface area contributed by atoms with E-state index in [2.05, 4.69) is 33.8 Å². The van der Waals surface area contributed by atoms with Gasteiger partial charge in [0, 0.05) is 26.2 Å². The van der Waals surface area contributed by atoms with E-state index in [0.717, 1.165) is 17.7 Å². The van der Waals surface area contributed by atoms with E-state index in [4.69, 9.17) is 16.3 Å². The monoisotopic (exact) mass is 442 g/mol. The molecule has 31 heavy (non-hydrogen) atoms. The van der Waals surface area contributed by atoms with Crippen molar-refractivity contribution in [3.05, 3.63) is 64.2 Å². The van der Waals surface area contributed by atoms with Gasteiger partial charge in [-0.2, -0.15) is 0 Å². The van der Waals surface area contributed by atoms with Crippen LogP contribution >= 0.6 is 11.6 Å². The van der Waals surface area contributed by atoms with E-state index in [-0.39, 0.29) is 23.8 Å². The lowest BCUT2D eigenvalue weighted by Crippen LogP contribution is -2.39. The first-order valence-electron chi connectivity index (χ1n) is 10.7. The minimum Gasteiger partial charge on any atom is -0.483 e. The normalized spacial score (nSPS) is 14.9. The lowest BCUT2D eigenvalue weighted by Gasteiger charge is -2.25. The summed E-state index contributed by atoms with van der Waals surface area (Å²) in [7, 11) is 0. The lowest BCUT2D eigenvalue weighted by molar-refractivity contribution is -0.133. The van der Waals surface area contributed by atoms with Gasteiger partial charge in [0.05, 0.1) is 10.6 Å². The van der Waals surface area contributed by atoms with Crippen LogP contribution in [-0.4, -0.2) is 54.4 Å². The quantitative estimate of drug-likeness (QED) is 0.689. The predicted octanol–water partition coefficient (Wildman–Crippen LogP) is 4.70. The first-order chi connectivity index (χ1) is 14.7. The third kappa shape index (κ3) is 5.79. The van der Waals surface area contributed by atoms with Crippen LogP contribution in [0.4, 0.5) is 0 Å². The highest BCUT2D eigenvalue weighted by atomic mass is 35.5. The van der Waals surface area contributed by atoms with E-state index in [9.17, 15) is 9.59 Å². The Bertz CT molecular complexity index is 952. The average molecular weight is 443 g/mol. The number of nitrogens with zero attached hydrogens (tertiary/aromatic N) is 2. The van der Waals surface area contributed by atoms with E-state index >= 15 is 0 Å². The Morgan fingerprint density at radius 3 is 2.39 bits per heavy atom. The molecular formula is C25H31ClN2O3. The van der Waals surface area contributed by atoms with E-state index in [0.29, 0.717) is 36.8 Å². The molecule has 1 aliphatic heterocycles. The second-order valence-corrected chi connectivity index (χ2v) is 9.45. The summed E-state index contributed by atoms with van der Waals surface area (Å²) in [5.74, 6) is 0.592. The molecule has 0 aliphatic carbocycles. The van der Waals surface area contributed by atoms with Gasteiger partial charge in [0.1, 0.15) is 5.75 Å². The maximum absolute atomic E-state index is 12.8. The minimum atomic E-state index is -0.0920. The van der Waals surface area contributed by atoms with E-state index in [1.54, 1.807) is 34.1 Å². The maximum Gasteiger partial charge on any atom is 0.260 e. The fraction of sp³-hybridized carbons (Fsp3) is 0.440. The molecule has 2 aromatic rings. The lowest BCUT2D eigenvalue weighted by atomic mass is 9.85. The van der Waals surface area contributed by atoms with Crippen LogP contribution in [0.25, 0.3) is 0 Å². The topological polar surface area (TPSA) is 49.9 Å². The summed E-state index contributed by atoms with van der Waals surface area (Å²) in [5.41, 5.74) is 2.68. The molecule has 1 aliphatic rings. The van der Waals surface area contributed by atoms with Crippen LogP contribution in [0, 0.1) is 6.92 Å². The third-order valence-corrected chi connectivity index (χ3v) is 5.86. The van der Waals surface area contributed by atoms with Gasteiger partial charge in [-0.05, 0) is 42.5 Å². The smallest absolute Gasteiger partial charge is 0.260 e. The molecule has 1 saturated heterocycles. The molecule has 0 atom stereocenters. The molecule has 5 nitrogen and oxygen atoms in total. The third-order valence-electron chi connectivity index (χ3n) is 5.53. The number of ether oxygens (including phenoxy) is 1. The second-order valence-electron chi connectivity index (χ2n) is 9.04. The maximum atomic E-state index is 12.8. The first-order valence-corrected chi connectivity index (χ1v) is 11.1. The number of carbonyl (C=O) groups excluding carboxylic acids is 2. The summed E-state index contributed by atoms with van der Waals surface area (Å²) >= 11 is 6.18. The Labute approximate surface area is 189 Å². The number of rotatable bonds is 4. The molecule has 1 fully saturated rings. The van der Waals surface area contributed by atoms with Gasteiger partial charge in [-0.1, -0.05) is 62.2 Å². The fourth-order valence-corrected chi connectivity index (χ4v) is 3.98. The zero-order chi connectivity index (χ0) is 22.6. The molecule has 0 bridgehead atoms. The number of carbonyl (C=O) groups is 2. The predicted molar refractivity (Wildman–Crippen MR) is 124 cm³/mol. The van der Waals surface area contributed by atoms with Crippen LogP contribution in [0.2, 0.25) is 5.02 Å². The number of amides is 2. The average Bonchev–Trinajstić information content (AvgIpc) is 2.98. The highest BCUT2D eigenvalue weighted by Crippen LogP contribution is 2.32. The van der Waals surface area contributed by atoms with Crippen LogP contribution in [0.3, 0.4) is 0 Å². The van der Waals surface area contributed by atoms with Crippen molar-refractivity contribution in [2.45, 2.75) is 39.5 Å². The van der Waals surface area contributed by atoms with Gasteiger partial charge in [0.2, 0.25) is 0 Å². The molecule has 3 rings (SSSR count). The Morgan fingerprint density at radius 1 is 1.00 bits per heavy atom. The molecule has 0 saturated carbocycles. The van der Waals surface area contributed by atoms with Gasteiger partial charge < -0.3 is 14.5 Å². The van der Waals surface area contributed by atoms with Crippen molar-refractivity contribution in [3.8, 4) is 5.75 Å². The largest absolute Gasteiger partial charge is 0.483 e. The molecule has 166 valence electrons.